The van der Waals surface area contributed by atoms with Crippen LogP contribution in [0.3, 0.4) is 0 Å². The number of hydrogen-bond donors (Lipinski definition) is 0. The number of rotatable bonds is 8. The van der Waals surface area contributed by atoms with Gasteiger partial charge in [-0.1, -0.05) is 32.6 Å². The standard InChI is InChI=1S/C12H24O2/c1-5-7-8-9-10-12(4,11(3)13)14-6-2/h5-10H2,1-4H3. The zero-order valence-corrected chi connectivity index (χ0v) is 10.1. The smallest absolute Gasteiger partial charge is 0.161 e. The average Bonchev–Trinajstić information content (AvgIpc) is 2.13. The fraction of sp³-hybridized carbons (Fsp3) is 0.917. The van der Waals surface area contributed by atoms with Crippen molar-refractivity contribution in [2.45, 2.75) is 65.4 Å². The fourth-order valence-electron chi connectivity index (χ4n) is 1.56. The van der Waals surface area contributed by atoms with E-state index in [9.17, 15) is 4.79 Å². The number of carbonyl (C=O) groups is 1. The van der Waals surface area contributed by atoms with Crippen LogP contribution in [0.4, 0.5) is 0 Å². The van der Waals surface area contributed by atoms with Gasteiger partial charge in [0.15, 0.2) is 5.78 Å². The number of unbranched alkanes of at least 4 members (excludes halogenated alkanes) is 3. The number of ketones is 1. The molecule has 0 saturated heterocycles. The van der Waals surface area contributed by atoms with Crippen molar-refractivity contribution in [1.29, 1.82) is 0 Å². The van der Waals surface area contributed by atoms with E-state index >= 15 is 0 Å². The number of hydrogen-bond acceptors (Lipinski definition) is 2. The second-order valence-corrected chi connectivity index (χ2v) is 4.03. The molecule has 0 aliphatic carbocycles. The Morgan fingerprint density at radius 3 is 2.29 bits per heavy atom. The highest BCUT2D eigenvalue weighted by atomic mass is 16.5. The van der Waals surface area contributed by atoms with Crippen molar-refractivity contribution in [2.24, 2.45) is 0 Å². The molecule has 0 N–H and O–H groups in total. The van der Waals surface area contributed by atoms with Crippen LogP contribution < -0.4 is 0 Å². The average molecular weight is 200 g/mol. The van der Waals surface area contributed by atoms with Crippen LogP contribution in [0.2, 0.25) is 0 Å². The molecule has 84 valence electrons. The van der Waals surface area contributed by atoms with E-state index in [4.69, 9.17) is 4.74 Å². The molecule has 0 saturated carbocycles. The van der Waals surface area contributed by atoms with Crippen LogP contribution in [0.5, 0.6) is 0 Å². The van der Waals surface area contributed by atoms with Gasteiger partial charge in [0.2, 0.25) is 0 Å². The van der Waals surface area contributed by atoms with E-state index in [-0.39, 0.29) is 5.78 Å². The van der Waals surface area contributed by atoms with Crippen molar-refractivity contribution >= 4 is 5.78 Å². The molecule has 1 atom stereocenters. The number of ether oxygens (including phenoxy) is 1. The lowest BCUT2D eigenvalue weighted by atomic mass is 9.94. The van der Waals surface area contributed by atoms with Gasteiger partial charge in [0.25, 0.3) is 0 Å². The molecule has 14 heavy (non-hydrogen) atoms. The molecule has 0 heterocycles. The molecule has 0 aliphatic rings. The van der Waals surface area contributed by atoms with Crippen molar-refractivity contribution < 1.29 is 9.53 Å². The highest BCUT2D eigenvalue weighted by Crippen LogP contribution is 2.20. The largest absolute Gasteiger partial charge is 0.368 e. The maximum atomic E-state index is 11.4. The van der Waals surface area contributed by atoms with Crippen LogP contribution in [0.1, 0.15) is 59.8 Å². The second-order valence-electron chi connectivity index (χ2n) is 4.03. The third-order valence-electron chi connectivity index (χ3n) is 2.72. The minimum absolute atomic E-state index is 0.149. The summed E-state index contributed by atoms with van der Waals surface area (Å²) in [5, 5.41) is 0. The SMILES string of the molecule is CCCCCCC(C)(OCC)C(C)=O. The molecular weight excluding hydrogens is 176 g/mol. The molecule has 0 fully saturated rings. The Morgan fingerprint density at radius 2 is 1.86 bits per heavy atom. The Kier molecular flexibility index (Phi) is 6.81. The van der Waals surface area contributed by atoms with Gasteiger partial charge in [-0.3, -0.25) is 4.79 Å². The van der Waals surface area contributed by atoms with E-state index in [1.54, 1.807) is 6.92 Å². The van der Waals surface area contributed by atoms with Gasteiger partial charge in [-0.2, -0.15) is 0 Å². The van der Waals surface area contributed by atoms with Gasteiger partial charge in [0.1, 0.15) is 5.60 Å². The van der Waals surface area contributed by atoms with E-state index in [0.29, 0.717) is 6.61 Å². The number of carbonyl (C=O) groups excluding carboxylic acids is 1. The minimum atomic E-state index is -0.539. The lowest BCUT2D eigenvalue weighted by Gasteiger charge is -2.26. The molecule has 0 aromatic carbocycles. The van der Waals surface area contributed by atoms with E-state index < -0.39 is 5.60 Å². The Labute approximate surface area is 88.0 Å². The first kappa shape index (κ1) is 13.6. The molecule has 1 unspecified atom stereocenters. The van der Waals surface area contributed by atoms with Gasteiger partial charge < -0.3 is 4.74 Å². The molecule has 0 aromatic rings. The van der Waals surface area contributed by atoms with Crippen molar-refractivity contribution in [3.63, 3.8) is 0 Å². The molecule has 0 amide bonds. The zero-order chi connectivity index (χ0) is 11.0. The Hall–Kier alpha value is -0.370. The van der Waals surface area contributed by atoms with E-state index in [1.807, 2.05) is 13.8 Å². The summed E-state index contributed by atoms with van der Waals surface area (Å²) in [6, 6.07) is 0. The van der Waals surface area contributed by atoms with E-state index in [1.165, 1.54) is 19.3 Å². The van der Waals surface area contributed by atoms with Gasteiger partial charge in [0, 0.05) is 6.61 Å². The third kappa shape index (κ3) is 4.75. The Balaban J connectivity index is 3.90. The van der Waals surface area contributed by atoms with Crippen molar-refractivity contribution in [3.8, 4) is 0 Å². The topological polar surface area (TPSA) is 26.3 Å². The maximum absolute atomic E-state index is 11.4. The third-order valence-corrected chi connectivity index (χ3v) is 2.72. The van der Waals surface area contributed by atoms with E-state index in [0.717, 1.165) is 12.8 Å². The van der Waals surface area contributed by atoms with Gasteiger partial charge in [-0.15, -0.1) is 0 Å². The van der Waals surface area contributed by atoms with E-state index in [2.05, 4.69) is 6.92 Å². The molecule has 0 spiro atoms. The van der Waals surface area contributed by atoms with Crippen molar-refractivity contribution in [3.05, 3.63) is 0 Å². The first-order valence-corrected chi connectivity index (χ1v) is 5.71. The first-order chi connectivity index (χ1) is 6.56. The quantitative estimate of drug-likeness (QED) is 0.562. The second kappa shape index (κ2) is 6.99. The van der Waals surface area contributed by atoms with Crippen LogP contribution in [0.25, 0.3) is 0 Å². The maximum Gasteiger partial charge on any atom is 0.161 e. The summed E-state index contributed by atoms with van der Waals surface area (Å²) in [4.78, 5) is 11.4. The summed E-state index contributed by atoms with van der Waals surface area (Å²) >= 11 is 0. The monoisotopic (exact) mass is 200 g/mol. The summed E-state index contributed by atoms with van der Waals surface area (Å²) in [6.07, 6.45) is 5.62. The van der Waals surface area contributed by atoms with Gasteiger partial charge in [-0.25, -0.2) is 0 Å². The predicted octanol–water partition coefficient (Wildman–Crippen LogP) is 3.34. The summed E-state index contributed by atoms with van der Waals surface area (Å²) in [7, 11) is 0. The highest BCUT2D eigenvalue weighted by Gasteiger charge is 2.29. The molecule has 0 aromatic heterocycles. The van der Waals surface area contributed by atoms with Gasteiger partial charge in [0.05, 0.1) is 0 Å². The van der Waals surface area contributed by atoms with Crippen LogP contribution in [0, 0.1) is 0 Å². The minimum Gasteiger partial charge on any atom is -0.368 e. The summed E-state index contributed by atoms with van der Waals surface area (Å²) in [6.45, 7) is 8.27. The summed E-state index contributed by atoms with van der Waals surface area (Å²) < 4.78 is 5.52. The van der Waals surface area contributed by atoms with Crippen LogP contribution in [-0.2, 0) is 9.53 Å². The first-order valence-electron chi connectivity index (χ1n) is 5.71. The summed E-state index contributed by atoms with van der Waals surface area (Å²) in [5.41, 5.74) is -0.539. The Morgan fingerprint density at radius 1 is 1.21 bits per heavy atom. The van der Waals surface area contributed by atoms with Gasteiger partial charge in [-0.05, 0) is 27.2 Å². The molecule has 0 radical (unpaired) electrons. The highest BCUT2D eigenvalue weighted by molar-refractivity contribution is 5.84. The lowest BCUT2D eigenvalue weighted by molar-refractivity contribution is -0.140. The molecule has 0 bridgehead atoms. The van der Waals surface area contributed by atoms with Crippen molar-refractivity contribution in [2.75, 3.05) is 6.61 Å². The Bertz CT molecular complexity index is 166. The molecule has 0 aliphatic heterocycles. The summed E-state index contributed by atoms with van der Waals surface area (Å²) in [5.74, 6) is 0.149. The molecular formula is C12H24O2. The molecule has 2 nitrogen and oxygen atoms in total. The van der Waals surface area contributed by atoms with Crippen LogP contribution in [0.15, 0.2) is 0 Å². The van der Waals surface area contributed by atoms with Gasteiger partial charge >= 0.3 is 0 Å². The number of Topliss-reactive ketones (excluding diaryl/α,β-unsaturated/α-hetero) is 1. The molecule has 2 heteroatoms. The predicted molar refractivity (Wildman–Crippen MR) is 59.5 cm³/mol. The molecule has 0 rings (SSSR count). The zero-order valence-electron chi connectivity index (χ0n) is 10.1. The lowest BCUT2D eigenvalue weighted by Crippen LogP contribution is -2.36. The fourth-order valence-corrected chi connectivity index (χ4v) is 1.56. The van der Waals surface area contributed by atoms with Crippen LogP contribution >= 0.6 is 0 Å². The van der Waals surface area contributed by atoms with Crippen molar-refractivity contribution in [1.82, 2.24) is 0 Å². The normalized spacial score (nSPS) is 15.1. The van der Waals surface area contributed by atoms with Crippen LogP contribution in [-0.4, -0.2) is 18.0 Å².